The maximum absolute atomic E-state index is 13.3. The van der Waals surface area contributed by atoms with E-state index in [1.807, 2.05) is 31.2 Å². The molecule has 30 heavy (non-hydrogen) atoms. The third kappa shape index (κ3) is 7.74. The maximum atomic E-state index is 13.3. The molecule has 2 aromatic rings. The van der Waals surface area contributed by atoms with E-state index in [1.165, 1.54) is 0 Å². The van der Waals surface area contributed by atoms with E-state index in [0.717, 1.165) is 12.0 Å². The summed E-state index contributed by atoms with van der Waals surface area (Å²) in [6.45, 7) is 10.6. The van der Waals surface area contributed by atoms with Gasteiger partial charge in [-0.2, -0.15) is 0 Å². The number of ketones is 1. The molecule has 3 atom stereocenters. The predicted octanol–water partition coefficient (Wildman–Crippen LogP) is 6.17. The van der Waals surface area contributed by atoms with Crippen LogP contribution in [-0.2, 0) is 14.1 Å². The lowest BCUT2D eigenvalue weighted by Crippen LogP contribution is -2.27. The van der Waals surface area contributed by atoms with Gasteiger partial charge in [0.15, 0.2) is 5.78 Å². The van der Waals surface area contributed by atoms with Crippen molar-refractivity contribution < 1.29 is 18.9 Å². The van der Waals surface area contributed by atoms with Crippen LogP contribution in [0.1, 0.15) is 61.5 Å². The van der Waals surface area contributed by atoms with E-state index in [9.17, 15) is 9.59 Å². The predicted molar refractivity (Wildman–Crippen MR) is 126 cm³/mol. The molecule has 0 saturated carbocycles. The molecule has 0 fully saturated rings. The molecule has 0 heterocycles. The zero-order chi connectivity index (χ0) is 22.9. The van der Waals surface area contributed by atoms with Gasteiger partial charge in [0.05, 0.1) is 20.7 Å². The van der Waals surface area contributed by atoms with Gasteiger partial charge < -0.3 is 9.30 Å². The molecule has 164 valence electrons. The molecule has 0 aromatic heterocycles. The van der Waals surface area contributed by atoms with Crippen LogP contribution in [0, 0.1) is 18.3 Å². The molecular formula is C24H32ClO4P. The first-order chi connectivity index (χ1) is 14.1. The number of hydrogen-bond donors (Lipinski definition) is 0. The summed E-state index contributed by atoms with van der Waals surface area (Å²) in [6, 6.07) is 14.3. The summed E-state index contributed by atoms with van der Waals surface area (Å²) < 4.78 is 13.9. The molecule has 0 aliphatic carbocycles. The largest absolute Gasteiger partial charge is 0.465 e. The highest BCUT2D eigenvalue weighted by atomic mass is 35.5. The number of ether oxygens (including phenoxy) is 1. The summed E-state index contributed by atoms with van der Waals surface area (Å²) in [6.07, 6.45) is 0.924. The van der Waals surface area contributed by atoms with Gasteiger partial charge in [-0.15, -0.1) is 0 Å². The summed E-state index contributed by atoms with van der Waals surface area (Å²) in [5.41, 5.74) is 1.88. The molecule has 3 unspecified atom stereocenters. The average Bonchev–Trinajstić information content (AvgIpc) is 2.67. The molecule has 2 aromatic carbocycles. The Hall–Kier alpha value is -1.90. The Kier molecular flexibility index (Phi) is 10.5. The van der Waals surface area contributed by atoms with E-state index in [2.05, 4.69) is 27.7 Å². The third-order valence-corrected chi connectivity index (χ3v) is 4.89. The van der Waals surface area contributed by atoms with Gasteiger partial charge in [-0.1, -0.05) is 81.8 Å². The first-order valence-corrected chi connectivity index (χ1v) is 10.9. The van der Waals surface area contributed by atoms with Gasteiger partial charge in [0.25, 0.3) is 0 Å². The minimum atomic E-state index is -1.03. The van der Waals surface area contributed by atoms with Gasteiger partial charge in [0, 0.05) is 5.56 Å². The van der Waals surface area contributed by atoms with Gasteiger partial charge >= 0.3 is 5.97 Å². The average molecular weight is 451 g/mol. The van der Waals surface area contributed by atoms with Crippen molar-refractivity contribution in [3.8, 4) is 0 Å². The van der Waals surface area contributed by atoms with Crippen LogP contribution in [0.25, 0.3) is 0 Å². The van der Waals surface area contributed by atoms with E-state index in [1.54, 1.807) is 24.3 Å². The van der Waals surface area contributed by atoms with Gasteiger partial charge in [-0.05, 0) is 41.9 Å². The van der Waals surface area contributed by atoms with E-state index in [4.69, 9.17) is 20.9 Å². The second kappa shape index (κ2) is 12.1. The van der Waals surface area contributed by atoms with Crippen LogP contribution in [-0.4, -0.2) is 18.4 Å². The lowest BCUT2D eigenvalue weighted by Gasteiger charge is -2.24. The van der Waals surface area contributed by atoms with E-state index in [-0.39, 0.29) is 23.7 Å². The van der Waals surface area contributed by atoms with Crippen molar-refractivity contribution in [2.45, 2.75) is 47.0 Å². The fourth-order valence-corrected chi connectivity index (χ4v) is 3.86. The van der Waals surface area contributed by atoms with Crippen molar-refractivity contribution >= 4 is 32.5 Å². The Bertz CT molecular complexity index is 826. The Morgan fingerprint density at radius 1 is 1.03 bits per heavy atom. The first-order valence-electron chi connectivity index (χ1n) is 9.90. The first kappa shape index (κ1) is 26.1. The Morgan fingerprint density at radius 2 is 1.63 bits per heavy atom. The van der Waals surface area contributed by atoms with Crippen LogP contribution in [0.5, 0.6) is 0 Å². The standard InChI is InChI=1S/C24H29ClO3.H3OP/c1-16(14-24(3,4)5)15-28-23(27)21(18-11-7-6-8-12-18)22(26)20-17(2)10-9-13-19(20)25;1-2/h6-13,16,21H,14-15H2,1-5H3;2H3. The van der Waals surface area contributed by atoms with Crippen molar-refractivity contribution in [3.05, 3.63) is 70.2 Å². The molecule has 0 bridgehead atoms. The SMILES string of the molecule is Cc1cccc(Cl)c1C(=O)C(C(=O)OCC(C)CC(C)(C)C)c1ccccc1.O=[PH3]. The Morgan fingerprint density at radius 3 is 2.17 bits per heavy atom. The molecule has 0 radical (unpaired) electrons. The van der Waals surface area contributed by atoms with Crippen LogP contribution in [0.15, 0.2) is 48.5 Å². The second-order valence-electron chi connectivity index (χ2n) is 8.64. The van der Waals surface area contributed by atoms with Gasteiger partial charge in [-0.3, -0.25) is 9.59 Å². The van der Waals surface area contributed by atoms with Crippen LogP contribution in [0.3, 0.4) is 0 Å². The molecule has 0 aliphatic heterocycles. The molecule has 0 N–H and O–H groups in total. The zero-order valence-corrected chi connectivity index (χ0v) is 20.6. The fourth-order valence-electron chi connectivity index (χ4n) is 3.54. The topological polar surface area (TPSA) is 60.4 Å². The smallest absolute Gasteiger partial charge is 0.321 e. The van der Waals surface area contributed by atoms with Gasteiger partial charge in [0.2, 0.25) is 0 Å². The normalized spacial score (nSPS) is 13.0. The zero-order valence-electron chi connectivity index (χ0n) is 18.4. The highest BCUT2D eigenvalue weighted by molar-refractivity contribution is 7.00. The lowest BCUT2D eigenvalue weighted by molar-refractivity contribution is -0.145. The highest BCUT2D eigenvalue weighted by Gasteiger charge is 2.33. The lowest BCUT2D eigenvalue weighted by atomic mass is 9.86. The monoisotopic (exact) mass is 450 g/mol. The van der Waals surface area contributed by atoms with Crippen LogP contribution in [0.2, 0.25) is 5.02 Å². The minimum Gasteiger partial charge on any atom is -0.465 e. The number of esters is 1. The number of Topliss-reactive ketones (excluding diaryl/α,β-unsaturated/α-hetero) is 1. The van der Waals surface area contributed by atoms with Crippen molar-refractivity contribution in [2.75, 3.05) is 6.61 Å². The summed E-state index contributed by atoms with van der Waals surface area (Å²) in [7, 11) is 0.611. The maximum Gasteiger partial charge on any atom is 0.321 e. The quantitative estimate of drug-likeness (QED) is 0.219. The van der Waals surface area contributed by atoms with Crippen molar-refractivity contribution in [3.63, 3.8) is 0 Å². The van der Waals surface area contributed by atoms with Crippen LogP contribution < -0.4 is 0 Å². The highest BCUT2D eigenvalue weighted by Crippen LogP contribution is 2.30. The fraction of sp³-hybridized carbons (Fsp3) is 0.417. The number of carbonyl (C=O) groups is 2. The van der Waals surface area contributed by atoms with Crippen molar-refractivity contribution in [2.24, 2.45) is 11.3 Å². The molecule has 0 aliphatic rings. The molecule has 4 nitrogen and oxygen atoms in total. The number of aryl methyl sites for hydroxylation is 1. The molecule has 2 rings (SSSR count). The molecule has 6 heteroatoms. The summed E-state index contributed by atoms with van der Waals surface area (Å²) >= 11 is 6.29. The third-order valence-electron chi connectivity index (χ3n) is 4.57. The Balaban J connectivity index is 0.00000218. The summed E-state index contributed by atoms with van der Waals surface area (Å²) in [5.74, 6) is -1.68. The minimum absolute atomic E-state index is 0.148. The number of hydrogen-bond acceptors (Lipinski definition) is 4. The number of benzene rings is 2. The van der Waals surface area contributed by atoms with Crippen molar-refractivity contribution in [1.82, 2.24) is 0 Å². The van der Waals surface area contributed by atoms with Crippen LogP contribution >= 0.6 is 20.7 Å². The molecule has 0 spiro atoms. The Labute approximate surface area is 186 Å². The van der Waals surface area contributed by atoms with Gasteiger partial charge in [0.1, 0.15) is 5.92 Å². The van der Waals surface area contributed by atoms with Crippen molar-refractivity contribution in [1.29, 1.82) is 0 Å². The van der Waals surface area contributed by atoms with Gasteiger partial charge in [-0.25, -0.2) is 0 Å². The summed E-state index contributed by atoms with van der Waals surface area (Å²) in [5, 5.41) is 0.347. The molecule has 0 saturated heterocycles. The van der Waals surface area contributed by atoms with E-state index < -0.39 is 11.9 Å². The summed E-state index contributed by atoms with van der Waals surface area (Å²) in [4.78, 5) is 26.3. The molecule has 0 amide bonds. The molecular weight excluding hydrogens is 419 g/mol. The number of rotatable bonds is 7. The van der Waals surface area contributed by atoms with E-state index >= 15 is 0 Å². The van der Waals surface area contributed by atoms with E-state index in [0.29, 0.717) is 25.3 Å². The van der Waals surface area contributed by atoms with Crippen LogP contribution in [0.4, 0.5) is 0 Å². The number of carbonyl (C=O) groups excluding carboxylic acids is 2. The second-order valence-corrected chi connectivity index (χ2v) is 9.05. The number of halogens is 1.